The van der Waals surface area contributed by atoms with Crippen LogP contribution in [-0.2, 0) is 13.5 Å². The first-order valence-electron chi connectivity index (χ1n) is 4.64. The monoisotopic (exact) mass is 181 g/mol. The Morgan fingerprint density at radius 1 is 1.69 bits per heavy atom. The lowest BCUT2D eigenvalue weighted by Gasteiger charge is -2.05. The summed E-state index contributed by atoms with van der Waals surface area (Å²) in [6, 6.07) is 0.543. The maximum absolute atomic E-state index is 5.58. The molecule has 2 rings (SSSR count). The number of nitrogen functional groups attached to an aromatic ring is 1. The second-order valence-corrected chi connectivity index (χ2v) is 3.51. The number of nitrogens with two attached hydrogens (primary N) is 1. The maximum atomic E-state index is 5.58. The lowest BCUT2D eigenvalue weighted by atomic mass is 10.1. The number of nitrogens with one attached hydrogen (secondary N) is 1. The third-order valence-corrected chi connectivity index (χ3v) is 2.43. The number of hydrogen-bond acceptors (Lipinski definition) is 4. The SMILES string of the molecule is Cn1nc(CC2CCCN2)nc1N. The van der Waals surface area contributed by atoms with Crippen LogP contribution < -0.4 is 11.1 Å². The lowest BCUT2D eigenvalue weighted by Crippen LogP contribution is -2.24. The van der Waals surface area contributed by atoms with Gasteiger partial charge in [-0.25, -0.2) is 4.68 Å². The van der Waals surface area contributed by atoms with Gasteiger partial charge in [-0.3, -0.25) is 0 Å². The van der Waals surface area contributed by atoms with Crippen LogP contribution in [0.4, 0.5) is 5.95 Å². The fraction of sp³-hybridized carbons (Fsp3) is 0.750. The number of hydrogen-bond donors (Lipinski definition) is 2. The molecule has 1 aromatic rings. The van der Waals surface area contributed by atoms with Gasteiger partial charge in [-0.1, -0.05) is 0 Å². The minimum atomic E-state index is 0.494. The van der Waals surface area contributed by atoms with Crippen LogP contribution in [0.3, 0.4) is 0 Å². The van der Waals surface area contributed by atoms with Gasteiger partial charge in [0.05, 0.1) is 0 Å². The molecular weight excluding hydrogens is 166 g/mol. The van der Waals surface area contributed by atoms with Gasteiger partial charge in [-0.2, -0.15) is 10.1 Å². The van der Waals surface area contributed by atoms with E-state index >= 15 is 0 Å². The van der Waals surface area contributed by atoms with E-state index in [4.69, 9.17) is 5.73 Å². The smallest absolute Gasteiger partial charge is 0.218 e. The first-order valence-corrected chi connectivity index (χ1v) is 4.64. The van der Waals surface area contributed by atoms with Crippen molar-refractivity contribution in [2.75, 3.05) is 12.3 Å². The Kier molecular flexibility index (Phi) is 2.18. The van der Waals surface area contributed by atoms with Gasteiger partial charge in [0, 0.05) is 19.5 Å². The van der Waals surface area contributed by atoms with Crippen LogP contribution in [0.15, 0.2) is 0 Å². The highest BCUT2D eigenvalue weighted by molar-refractivity contribution is 5.15. The maximum Gasteiger partial charge on any atom is 0.218 e. The molecule has 0 saturated carbocycles. The summed E-state index contributed by atoms with van der Waals surface area (Å²) in [5.74, 6) is 1.34. The van der Waals surface area contributed by atoms with Gasteiger partial charge in [0.2, 0.25) is 5.95 Å². The van der Waals surface area contributed by atoms with Gasteiger partial charge >= 0.3 is 0 Å². The molecule has 3 N–H and O–H groups in total. The lowest BCUT2D eigenvalue weighted by molar-refractivity contribution is 0.581. The van der Waals surface area contributed by atoms with Crippen molar-refractivity contribution in [2.24, 2.45) is 7.05 Å². The molecule has 0 aliphatic carbocycles. The molecule has 1 fully saturated rings. The Morgan fingerprint density at radius 3 is 3.08 bits per heavy atom. The molecule has 0 bridgehead atoms. The van der Waals surface area contributed by atoms with E-state index in [0.717, 1.165) is 18.8 Å². The van der Waals surface area contributed by atoms with Crippen LogP contribution in [0, 0.1) is 0 Å². The van der Waals surface area contributed by atoms with Gasteiger partial charge in [-0.05, 0) is 19.4 Å². The van der Waals surface area contributed by atoms with Gasteiger partial charge in [0.1, 0.15) is 0 Å². The average Bonchev–Trinajstić information content (AvgIpc) is 2.64. The van der Waals surface area contributed by atoms with Crippen molar-refractivity contribution in [1.29, 1.82) is 0 Å². The van der Waals surface area contributed by atoms with Crippen LogP contribution in [0.2, 0.25) is 0 Å². The van der Waals surface area contributed by atoms with Crippen LogP contribution in [0.1, 0.15) is 18.7 Å². The second-order valence-electron chi connectivity index (χ2n) is 3.51. The molecule has 0 aromatic carbocycles. The second kappa shape index (κ2) is 3.33. The van der Waals surface area contributed by atoms with Crippen LogP contribution in [0.5, 0.6) is 0 Å². The third kappa shape index (κ3) is 1.80. The van der Waals surface area contributed by atoms with Gasteiger partial charge in [-0.15, -0.1) is 0 Å². The van der Waals surface area contributed by atoms with E-state index in [1.165, 1.54) is 12.8 Å². The molecule has 1 aromatic heterocycles. The van der Waals surface area contributed by atoms with Crippen molar-refractivity contribution in [3.8, 4) is 0 Å². The summed E-state index contributed by atoms with van der Waals surface area (Å²) in [6.07, 6.45) is 3.37. The van der Waals surface area contributed by atoms with Gasteiger partial charge < -0.3 is 11.1 Å². The molecular formula is C8H15N5. The van der Waals surface area contributed by atoms with Crippen molar-refractivity contribution in [3.05, 3.63) is 5.82 Å². The molecule has 1 unspecified atom stereocenters. The minimum Gasteiger partial charge on any atom is -0.368 e. The number of nitrogens with zero attached hydrogens (tertiary/aromatic N) is 3. The van der Waals surface area contributed by atoms with Crippen molar-refractivity contribution in [3.63, 3.8) is 0 Å². The Bertz CT molecular complexity index is 267. The first-order chi connectivity index (χ1) is 6.25. The fourth-order valence-corrected chi connectivity index (χ4v) is 1.69. The predicted octanol–water partition coefficient (Wildman–Crippen LogP) is -0.308. The topological polar surface area (TPSA) is 68.8 Å². The molecule has 1 aliphatic heterocycles. The Labute approximate surface area is 77.3 Å². The van der Waals surface area contributed by atoms with Gasteiger partial charge in [0.25, 0.3) is 0 Å². The zero-order valence-electron chi connectivity index (χ0n) is 7.82. The average molecular weight is 181 g/mol. The van der Waals surface area contributed by atoms with E-state index in [1.54, 1.807) is 4.68 Å². The van der Waals surface area contributed by atoms with Gasteiger partial charge in [0.15, 0.2) is 5.82 Å². The quantitative estimate of drug-likeness (QED) is 0.657. The van der Waals surface area contributed by atoms with E-state index in [2.05, 4.69) is 15.4 Å². The van der Waals surface area contributed by atoms with E-state index in [0.29, 0.717) is 12.0 Å². The molecule has 1 atom stereocenters. The zero-order chi connectivity index (χ0) is 9.26. The number of aromatic nitrogens is 3. The van der Waals surface area contributed by atoms with E-state index in [-0.39, 0.29) is 0 Å². The Balaban J connectivity index is 2.00. The molecule has 0 radical (unpaired) electrons. The molecule has 1 aliphatic rings. The molecule has 0 amide bonds. The molecule has 5 nitrogen and oxygen atoms in total. The van der Waals surface area contributed by atoms with E-state index < -0.39 is 0 Å². The first kappa shape index (κ1) is 8.50. The van der Waals surface area contributed by atoms with Crippen LogP contribution in [-0.4, -0.2) is 27.4 Å². The van der Waals surface area contributed by atoms with Crippen molar-refractivity contribution in [1.82, 2.24) is 20.1 Å². The normalized spacial score (nSPS) is 22.4. The van der Waals surface area contributed by atoms with Crippen LogP contribution >= 0.6 is 0 Å². The standard InChI is InChI=1S/C8H15N5/c1-13-8(9)11-7(12-13)5-6-3-2-4-10-6/h6,10H,2-5H2,1H3,(H2,9,11,12). The highest BCUT2D eigenvalue weighted by Crippen LogP contribution is 2.10. The summed E-state index contributed by atoms with van der Waals surface area (Å²) in [6.45, 7) is 1.12. The summed E-state index contributed by atoms with van der Waals surface area (Å²) in [4.78, 5) is 4.16. The summed E-state index contributed by atoms with van der Waals surface area (Å²) in [5.41, 5.74) is 5.58. The van der Waals surface area contributed by atoms with E-state index in [9.17, 15) is 0 Å². The zero-order valence-corrected chi connectivity index (χ0v) is 7.82. The summed E-state index contributed by atoms with van der Waals surface area (Å²) in [7, 11) is 1.81. The third-order valence-electron chi connectivity index (χ3n) is 2.43. The molecule has 72 valence electrons. The molecule has 1 saturated heterocycles. The predicted molar refractivity (Wildman–Crippen MR) is 50.1 cm³/mol. The summed E-state index contributed by atoms with van der Waals surface area (Å²) < 4.78 is 1.62. The molecule has 5 heteroatoms. The van der Waals surface area contributed by atoms with Crippen LogP contribution in [0.25, 0.3) is 0 Å². The largest absolute Gasteiger partial charge is 0.368 e. The minimum absolute atomic E-state index is 0.494. The number of aryl methyl sites for hydroxylation is 1. The Hall–Kier alpha value is -1.10. The number of anilines is 1. The molecule has 13 heavy (non-hydrogen) atoms. The van der Waals surface area contributed by atoms with Crippen molar-refractivity contribution in [2.45, 2.75) is 25.3 Å². The van der Waals surface area contributed by atoms with Crippen molar-refractivity contribution < 1.29 is 0 Å². The van der Waals surface area contributed by atoms with Crippen molar-refractivity contribution >= 4 is 5.95 Å². The summed E-state index contributed by atoms with van der Waals surface area (Å²) in [5, 5.41) is 7.62. The highest BCUT2D eigenvalue weighted by atomic mass is 15.4. The molecule has 0 spiro atoms. The molecule has 2 heterocycles. The summed E-state index contributed by atoms with van der Waals surface area (Å²) >= 11 is 0. The fourth-order valence-electron chi connectivity index (χ4n) is 1.69. The van der Waals surface area contributed by atoms with E-state index in [1.807, 2.05) is 7.05 Å². The Morgan fingerprint density at radius 2 is 2.54 bits per heavy atom. The highest BCUT2D eigenvalue weighted by Gasteiger charge is 2.16. The number of rotatable bonds is 2.